The van der Waals surface area contributed by atoms with Crippen LogP contribution in [0.2, 0.25) is 0 Å². The zero-order valence-corrected chi connectivity index (χ0v) is 10.7. The lowest BCUT2D eigenvalue weighted by Crippen LogP contribution is -2.21. The number of benzene rings is 1. The molecule has 0 saturated carbocycles. The Morgan fingerprint density at radius 1 is 1.31 bits per heavy atom. The number of hydrogen-bond acceptors (Lipinski definition) is 3. The van der Waals surface area contributed by atoms with E-state index in [2.05, 4.69) is 21.2 Å². The molecule has 0 radical (unpaired) electrons. The van der Waals surface area contributed by atoms with Gasteiger partial charge in [0.05, 0.1) is 6.04 Å². The highest BCUT2D eigenvalue weighted by Gasteiger charge is 1.98. The van der Waals surface area contributed by atoms with Gasteiger partial charge in [-0.05, 0) is 43.5 Å². The minimum absolute atomic E-state index is 0.298. The Balaban J connectivity index is 2.11. The van der Waals surface area contributed by atoms with Crippen LogP contribution < -0.4 is 11.1 Å². The SMILES string of the molecule is NC(C=O)CCCCNc1ccc(Br)cc1. The number of carbonyl (C=O) groups excluding carboxylic acids is 1. The summed E-state index contributed by atoms with van der Waals surface area (Å²) in [7, 11) is 0. The first-order valence-electron chi connectivity index (χ1n) is 5.42. The van der Waals surface area contributed by atoms with Gasteiger partial charge in [-0.15, -0.1) is 0 Å². The smallest absolute Gasteiger partial charge is 0.136 e. The summed E-state index contributed by atoms with van der Waals surface area (Å²) in [5, 5.41) is 3.31. The molecule has 0 amide bonds. The van der Waals surface area contributed by atoms with Crippen molar-refractivity contribution in [2.45, 2.75) is 25.3 Å². The number of carbonyl (C=O) groups is 1. The summed E-state index contributed by atoms with van der Waals surface area (Å²) in [6, 6.07) is 7.77. The molecule has 0 aliphatic rings. The lowest BCUT2D eigenvalue weighted by molar-refractivity contribution is -0.109. The summed E-state index contributed by atoms with van der Waals surface area (Å²) < 4.78 is 1.08. The molecule has 4 heteroatoms. The van der Waals surface area contributed by atoms with Crippen LogP contribution in [-0.2, 0) is 4.79 Å². The van der Waals surface area contributed by atoms with E-state index in [1.807, 2.05) is 24.3 Å². The molecule has 1 unspecified atom stereocenters. The fraction of sp³-hybridized carbons (Fsp3) is 0.417. The Morgan fingerprint density at radius 2 is 2.00 bits per heavy atom. The van der Waals surface area contributed by atoms with Crippen molar-refractivity contribution in [3.63, 3.8) is 0 Å². The molecule has 1 aromatic carbocycles. The fourth-order valence-corrected chi connectivity index (χ4v) is 1.64. The van der Waals surface area contributed by atoms with Gasteiger partial charge >= 0.3 is 0 Å². The molecule has 0 aliphatic carbocycles. The van der Waals surface area contributed by atoms with E-state index >= 15 is 0 Å². The molecule has 1 aromatic rings. The molecule has 0 heterocycles. The third kappa shape index (κ3) is 5.28. The van der Waals surface area contributed by atoms with Crippen molar-refractivity contribution in [1.82, 2.24) is 0 Å². The standard InChI is InChI=1S/C12H17BrN2O/c13-10-4-6-12(7-5-10)15-8-2-1-3-11(14)9-16/h4-7,9,11,15H,1-3,8,14H2. The third-order valence-corrected chi connectivity index (χ3v) is 2.84. The van der Waals surface area contributed by atoms with Crippen LogP contribution in [0.1, 0.15) is 19.3 Å². The van der Waals surface area contributed by atoms with E-state index < -0.39 is 0 Å². The van der Waals surface area contributed by atoms with E-state index in [0.717, 1.165) is 42.3 Å². The largest absolute Gasteiger partial charge is 0.385 e. The van der Waals surface area contributed by atoms with Crippen molar-refractivity contribution >= 4 is 27.9 Å². The van der Waals surface area contributed by atoms with Crippen LogP contribution in [0, 0.1) is 0 Å². The van der Waals surface area contributed by atoms with Crippen LogP contribution >= 0.6 is 15.9 Å². The topological polar surface area (TPSA) is 55.1 Å². The first-order valence-corrected chi connectivity index (χ1v) is 6.22. The molecule has 0 aliphatic heterocycles. The Bertz CT molecular complexity index is 313. The number of hydrogen-bond donors (Lipinski definition) is 2. The molecule has 1 atom stereocenters. The quantitative estimate of drug-likeness (QED) is 0.598. The number of halogens is 1. The molecule has 3 nitrogen and oxygen atoms in total. The lowest BCUT2D eigenvalue weighted by atomic mass is 10.1. The predicted octanol–water partition coefficient (Wildman–Crippen LogP) is 2.56. The third-order valence-electron chi connectivity index (χ3n) is 2.31. The molecule has 0 bridgehead atoms. The van der Waals surface area contributed by atoms with E-state index in [0.29, 0.717) is 0 Å². The van der Waals surface area contributed by atoms with Gasteiger partial charge < -0.3 is 15.8 Å². The first-order chi connectivity index (χ1) is 7.72. The van der Waals surface area contributed by atoms with Crippen LogP contribution in [0.25, 0.3) is 0 Å². The summed E-state index contributed by atoms with van der Waals surface area (Å²) in [4.78, 5) is 10.3. The fourth-order valence-electron chi connectivity index (χ4n) is 1.37. The number of rotatable bonds is 7. The van der Waals surface area contributed by atoms with Gasteiger partial charge in [0.15, 0.2) is 0 Å². The molecular formula is C12H17BrN2O. The number of nitrogens with one attached hydrogen (secondary N) is 1. The minimum Gasteiger partial charge on any atom is -0.385 e. The van der Waals surface area contributed by atoms with Gasteiger partial charge in [0.2, 0.25) is 0 Å². The number of anilines is 1. The second-order valence-electron chi connectivity index (χ2n) is 3.73. The molecule has 3 N–H and O–H groups in total. The summed E-state index contributed by atoms with van der Waals surface area (Å²) >= 11 is 3.39. The lowest BCUT2D eigenvalue weighted by Gasteiger charge is -2.07. The van der Waals surface area contributed by atoms with E-state index in [1.54, 1.807) is 0 Å². The normalized spacial score (nSPS) is 12.1. The van der Waals surface area contributed by atoms with Crippen molar-refractivity contribution in [1.29, 1.82) is 0 Å². The van der Waals surface area contributed by atoms with E-state index in [9.17, 15) is 4.79 Å². The molecule has 88 valence electrons. The maximum Gasteiger partial charge on any atom is 0.136 e. The highest BCUT2D eigenvalue weighted by molar-refractivity contribution is 9.10. The summed E-state index contributed by atoms with van der Waals surface area (Å²) in [6.07, 6.45) is 3.58. The van der Waals surface area contributed by atoms with Crippen molar-refractivity contribution in [2.75, 3.05) is 11.9 Å². The zero-order chi connectivity index (χ0) is 11.8. The van der Waals surface area contributed by atoms with Crippen molar-refractivity contribution in [3.05, 3.63) is 28.7 Å². The van der Waals surface area contributed by atoms with Gasteiger partial charge in [0.1, 0.15) is 6.29 Å². The van der Waals surface area contributed by atoms with E-state index in [4.69, 9.17) is 5.73 Å². The zero-order valence-electron chi connectivity index (χ0n) is 9.16. The molecule has 0 saturated heterocycles. The van der Waals surface area contributed by atoms with Crippen molar-refractivity contribution in [3.8, 4) is 0 Å². The summed E-state index contributed by atoms with van der Waals surface area (Å²) in [6.45, 7) is 0.910. The van der Waals surface area contributed by atoms with Gasteiger partial charge in [-0.1, -0.05) is 15.9 Å². The Hall–Kier alpha value is -0.870. The minimum atomic E-state index is -0.298. The Kier molecular flexibility index (Phi) is 6.11. The second-order valence-corrected chi connectivity index (χ2v) is 4.65. The van der Waals surface area contributed by atoms with Gasteiger partial charge in [-0.2, -0.15) is 0 Å². The van der Waals surface area contributed by atoms with E-state index in [-0.39, 0.29) is 6.04 Å². The molecule has 1 rings (SSSR count). The van der Waals surface area contributed by atoms with Crippen LogP contribution in [0.4, 0.5) is 5.69 Å². The monoisotopic (exact) mass is 284 g/mol. The Morgan fingerprint density at radius 3 is 2.62 bits per heavy atom. The highest BCUT2D eigenvalue weighted by atomic mass is 79.9. The van der Waals surface area contributed by atoms with Crippen LogP contribution in [-0.4, -0.2) is 18.9 Å². The molecule has 0 spiro atoms. The second kappa shape index (κ2) is 7.41. The predicted molar refractivity (Wildman–Crippen MR) is 70.5 cm³/mol. The first kappa shape index (κ1) is 13.2. The number of nitrogens with two attached hydrogens (primary N) is 1. The molecule has 0 fully saturated rings. The Labute approximate surface area is 105 Å². The average molecular weight is 285 g/mol. The van der Waals surface area contributed by atoms with Crippen molar-refractivity contribution < 1.29 is 4.79 Å². The van der Waals surface area contributed by atoms with Gasteiger partial charge in [0.25, 0.3) is 0 Å². The van der Waals surface area contributed by atoms with Gasteiger partial charge in [-0.3, -0.25) is 0 Å². The molecular weight excluding hydrogens is 268 g/mol. The summed E-state index contributed by atoms with van der Waals surface area (Å²) in [5.41, 5.74) is 6.60. The average Bonchev–Trinajstić information content (AvgIpc) is 2.31. The molecule has 16 heavy (non-hydrogen) atoms. The number of aldehydes is 1. The molecule has 0 aromatic heterocycles. The van der Waals surface area contributed by atoms with Crippen LogP contribution in [0.3, 0.4) is 0 Å². The maximum atomic E-state index is 10.3. The highest BCUT2D eigenvalue weighted by Crippen LogP contribution is 2.14. The van der Waals surface area contributed by atoms with Crippen LogP contribution in [0.5, 0.6) is 0 Å². The van der Waals surface area contributed by atoms with E-state index in [1.165, 1.54) is 0 Å². The maximum absolute atomic E-state index is 10.3. The van der Waals surface area contributed by atoms with Crippen molar-refractivity contribution in [2.24, 2.45) is 5.73 Å². The summed E-state index contributed by atoms with van der Waals surface area (Å²) in [5.74, 6) is 0. The van der Waals surface area contributed by atoms with Crippen LogP contribution in [0.15, 0.2) is 28.7 Å². The number of unbranched alkanes of at least 4 members (excludes halogenated alkanes) is 1. The van der Waals surface area contributed by atoms with Gasteiger partial charge in [-0.25, -0.2) is 0 Å². The van der Waals surface area contributed by atoms with Gasteiger partial charge in [0, 0.05) is 16.7 Å².